The lowest BCUT2D eigenvalue weighted by atomic mass is 10.0. The lowest BCUT2D eigenvalue weighted by Gasteiger charge is -2.21. The van der Waals surface area contributed by atoms with Crippen molar-refractivity contribution in [3.05, 3.63) is 95.7 Å². The maximum atomic E-state index is 12.9. The number of aromatic nitrogens is 2. The SMILES string of the molecule is CC/C=C\C/C=C\C/C=C\C/C=C\C/C=C\C=C/C(O)CCC(=O)OC[C@H](COP(=O)(O)OP(=O)(O)OC[C@H]1O[C@@H](n2ccc(N)nc2=O)[C@H](O)[C@@H]1O)OC(=O)CCCCCCCCCCCCCCCCCCC(C)C. The number of allylic oxidation sites excluding steroid dienone is 11. The van der Waals surface area contributed by atoms with Crippen molar-refractivity contribution in [1.29, 1.82) is 0 Å². The monoisotopic (exact) mass is 1130 g/mol. The highest BCUT2D eigenvalue weighted by molar-refractivity contribution is 7.61. The van der Waals surface area contributed by atoms with Gasteiger partial charge in [-0.1, -0.05) is 196 Å². The molecule has 21 heteroatoms. The Hall–Kier alpha value is -3.84. The molecule has 0 radical (unpaired) electrons. The smallest absolute Gasteiger partial charge is 0.462 e. The quantitative estimate of drug-likeness (QED) is 0.0116. The molecule has 1 aliphatic heterocycles. The second-order valence-electron chi connectivity index (χ2n) is 19.7. The Morgan fingerprint density at radius 2 is 1.22 bits per heavy atom. The van der Waals surface area contributed by atoms with Crippen molar-refractivity contribution in [2.75, 3.05) is 25.6 Å². The predicted octanol–water partition coefficient (Wildman–Crippen LogP) is 11.3. The van der Waals surface area contributed by atoms with Crippen molar-refractivity contribution in [3.63, 3.8) is 0 Å². The summed E-state index contributed by atoms with van der Waals surface area (Å²) in [6, 6.07) is 1.24. The van der Waals surface area contributed by atoms with Crippen LogP contribution in [0.3, 0.4) is 0 Å². The Balaban J connectivity index is 1.82. The zero-order chi connectivity index (χ0) is 56.6. The number of ether oxygens (including phenoxy) is 3. The van der Waals surface area contributed by atoms with Crippen LogP contribution in [0.2, 0.25) is 0 Å². The molecule has 1 saturated heterocycles. The molecule has 0 aromatic carbocycles. The van der Waals surface area contributed by atoms with Crippen LogP contribution >= 0.6 is 15.6 Å². The Labute approximate surface area is 457 Å². The van der Waals surface area contributed by atoms with E-state index in [-0.39, 0.29) is 25.1 Å². The largest absolute Gasteiger partial charge is 0.481 e. The number of carbonyl (C=O) groups is 2. The average Bonchev–Trinajstić information content (AvgIpc) is 3.66. The Bertz CT molecular complexity index is 2110. The number of aliphatic hydroxyl groups is 3. The summed E-state index contributed by atoms with van der Waals surface area (Å²) in [6.07, 6.45) is 40.2. The van der Waals surface area contributed by atoms with Crippen LogP contribution in [-0.2, 0) is 46.3 Å². The molecule has 7 N–H and O–H groups in total. The zero-order valence-corrected chi connectivity index (χ0v) is 47.8. The topological polar surface area (TPSA) is 286 Å². The van der Waals surface area contributed by atoms with Crippen molar-refractivity contribution >= 4 is 33.4 Å². The number of nitrogens with zero attached hydrogens (tertiary/aromatic N) is 2. The van der Waals surface area contributed by atoms with E-state index in [1.54, 1.807) is 12.2 Å². The van der Waals surface area contributed by atoms with Crippen LogP contribution in [0, 0.1) is 5.92 Å². The number of unbranched alkanes of at least 4 members (excludes halogenated alkanes) is 15. The number of hydrogen-bond donors (Lipinski definition) is 6. The number of aliphatic hydroxyl groups excluding tert-OH is 3. The molecule has 2 heterocycles. The molecule has 1 aliphatic rings. The molecular weight excluding hydrogens is 1030 g/mol. The zero-order valence-electron chi connectivity index (χ0n) is 46.0. The van der Waals surface area contributed by atoms with E-state index < -0.39 is 89.8 Å². The third-order valence-electron chi connectivity index (χ3n) is 12.4. The van der Waals surface area contributed by atoms with Crippen LogP contribution in [0.1, 0.15) is 188 Å². The summed E-state index contributed by atoms with van der Waals surface area (Å²) in [4.78, 5) is 62.1. The van der Waals surface area contributed by atoms with E-state index in [0.29, 0.717) is 12.8 Å². The van der Waals surface area contributed by atoms with Gasteiger partial charge in [-0.3, -0.25) is 23.2 Å². The first-order valence-electron chi connectivity index (χ1n) is 27.9. The molecule has 0 aliphatic carbocycles. The van der Waals surface area contributed by atoms with Crippen LogP contribution in [-0.4, -0.2) is 96.9 Å². The number of nitrogen functional groups attached to an aromatic ring is 1. The summed E-state index contributed by atoms with van der Waals surface area (Å²) < 4.78 is 56.7. The van der Waals surface area contributed by atoms with Gasteiger partial charge in [0.1, 0.15) is 30.7 Å². The maximum Gasteiger partial charge on any atom is 0.481 e. The van der Waals surface area contributed by atoms with Gasteiger partial charge in [0, 0.05) is 19.0 Å². The molecule has 1 fully saturated rings. The molecule has 8 atom stereocenters. The number of hydrogen-bond acceptors (Lipinski definition) is 16. The third kappa shape index (κ3) is 35.4. The number of nitrogens with two attached hydrogens (primary N) is 1. The van der Waals surface area contributed by atoms with Crippen molar-refractivity contribution in [2.45, 2.75) is 218 Å². The van der Waals surface area contributed by atoms with Crippen molar-refractivity contribution in [3.8, 4) is 0 Å². The van der Waals surface area contributed by atoms with Gasteiger partial charge in [-0.15, -0.1) is 0 Å². The fourth-order valence-corrected chi connectivity index (χ4v) is 10.1. The summed E-state index contributed by atoms with van der Waals surface area (Å²) in [7, 11) is -11.0. The van der Waals surface area contributed by atoms with Crippen molar-refractivity contribution in [1.82, 2.24) is 9.55 Å². The summed E-state index contributed by atoms with van der Waals surface area (Å²) in [6.45, 7) is 4.16. The lowest BCUT2D eigenvalue weighted by Crippen LogP contribution is -2.36. The van der Waals surface area contributed by atoms with E-state index in [2.05, 4.69) is 72.6 Å². The Morgan fingerprint density at radius 1 is 0.701 bits per heavy atom. The van der Waals surface area contributed by atoms with Crippen molar-refractivity contribution in [2.24, 2.45) is 5.92 Å². The molecule has 0 saturated carbocycles. The predicted molar refractivity (Wildman–Crippen MR) is 299 cm³/mol. The number of rotatable bonds is 45. The number of phosphoric acid groups is 2. The number of phosphoric ester groups is 2. The minimum absolute atomic E-state index is 0.000104. The van der Waals surface area contributed by atoms with Crippen LogP contribution in [0.4, 0.5) is 5.82 Å². The molecule has 77 heavy (non-hydrogen) atoms. The van der Waals surface area contributed by atoms with Gasteiger partial charge in [0.2, 0.25) is 0 Å². The molecule has 0 bridgehead atoms. The van der Waals surface area contributed by atoms with Crippen LogP contribution in [0.5, 0.6) is 0 Å². The molecule has 1 aromatic heterocycles. The molecule has 19 nitrogen and oxygen atoms in total. The maximum absolute atomic E-state index is 12.9. The van der Waals surface area contributed by atoms with Gasteiger partial charge in [0.15, 0.2) is 12.3 Å². The molecule has 3 unspecified atom stereocenters. The normalized spacial score (nSPS) is 19.6. The third-order valence-corrected chi connectivity index (χ3v) is 15.0. The summed E-state index contributed by atoms with van der Waals surface area (Å²) in [5.74, 6) is -0.789. The number of esters is 2. The minimum Gasteiger partial charge on any atom is -0.462 e. The molecule has 0 spiro atoms. The van der Waals surface area contributed by atoms with Crippen LogP contribution in [0.25, 0.3) is 0 Å². The second kappa shape index (κ2) is 42.1. The first kappa shape index (κ1) is 69.3. The second-order valence-corrected chi connectivity index (χ2v) is 22.8. The first-order chi connectivity index (χ1) is 36.9. The van der Waals surface area contributed by atoms with Gasteiger partial charge in [0.05, 0.1) is 19.3 Å². The average molecular weight is 1130 g/mol. The highest BCUT2D eigenvalue weighted by Crippen LogP contribution is 2.60. The molecule has 0 amide bonds. The molecule has 438 valence electrons. The van der Waals surface area contributed by atoms with Crippen molar-refractivity contribution < 1.29 is 71.4 Å². The fraction of sp³-hybridized carbons (Fsp3) is 0.679. The van der Waals surface area contributed by atoms with E-state index >= 15 is 0 Å². The van der Waals surface area contributed by atoms with Gasteiger partial charge in [-0.2, -0.15) is 9.29 Å². The molecule has 2 rings (SSSR count). The standard InChI is InChI=1S/C56H93N3O16P2/c1-4-5-6-7-8-9-10-11-12-16-19-22-25-28-31-34-37-47(60)39-40-51(61)70-43-48(73-52(62)38-35-32-29-26-23-20-17-14-13-15-18-21-24-27-30-33-36-46(2)3)44-71-76(66,67)75-77(68,69)72-45-49-53(63)54(64)55(74-49)59-42-41-50(57)58-56(59)65/h5-6,8-9,11-12,19,22,28,31,34,37,41-42,46-49,53-55,60,63-64H,4,7,10,13-18,20-21,23-27,29-30,32-33,35-36,38-40,43-45H2,1-3H3,(H,66,67)(H,68,69)(H2,57,58,65)/b6-5-,9-8-,12-11-,22-19-,31-28-,37-34-/t47?,48-,49-,53-,54-,55-/m1/s1. The Morgan fingerprint density at radius 3 is 1.77 bits per heavy atom. The van der Waals surface area contributed by atoms with Crippen LogP contribution < -0.4 is 11.4 Å². The summed E-state index contributed by atoms with van der Waals surface area (Å²) >= 11 is 0. The molecule has 1 aromatic rings. The van der Waals surface area contributed by atoms with E-state index in [9.17, 15) is 48.6 Å². The van der Waals surface area contributed by atoms with E-state index in [0.717, 1.165) is 68.0 Å². The van der Waals surface area contributed by atoms with Gasteiger partial charge in [-0.05, 0) is 56.9 Å². The minimum atomic E-state index is -5.48. The number of anilines is 1. The number of carbonyl (C=O) groups excluding carboxylic acids is 2. The van der Waals surface area contributed by atoms with Gasteiger partial charge in [0.25, 0.3) is 0 Å². The van der Waals surface area contributed by atoms with Gasteiger partial charge >= 0.3 is 33.3 Å². The van der Waals surface area contributed by atoms with E-state index in [4.69, 9.17) is 29.0 Å². The van der Waals surface area contributed by atoms with Gasteiger partial charge in [-0.25, -0.2) is 13.9 Å². The molecular formula is C56H93N3O16P2. The fourth-order valence-electron chi connectivity index (χ4n) is 8.02. The van der Waals surface area contributed by atoms with E-state index in [1.165, 1.54) is 89.2 Å². The Kier molecular flexibility index (Phi) is 37.9. The highest BCUT2D eigenvalue weighted by atomic mass is 31.3. The van der Waals surface area contributed by atoms with Gasteiger partial charge < -0.3 is 45.1 Å². The first-order valence-corrected chi connectivity index (χ1v) is 30.9. The summed E-state index contributed by atoms with van der Waals surface area (Å²) in [5.41, 5.74) is 4.58. The van der Waals surface area contributed by atoms with Crippen LogP contribution in [0.15, 0.2) is 90.0 Å². The highest BCUT2D eigenvalue weighted by Gasteiger charge is 2.46. The summed E-state index contributed by atoms with van der Waals surface area (Å²) in [5, 5.41) is 31.4. The van der Waals surface area contributed by atoms with E-state index in [1.807, 2.05) is 12.2 Å². The lowest BCUT2D eigenvalue weighted by molar-refractivity contribution is -0.161.